The van der Waals surface area contributed by atoms with E-state index in [0.717, 1.165) is 17.3 Å². The molecule has 0 radical (unpaired) electrons. The summed E-state index contributed by atoms with van der Waals surface area (Å²) in [5.41, 5.74) is 1.46. The van der Waals surface area contributed by atoms with Gasteiger partial charge in [-0.05, 0) is 42.4 Å². The van der Waals surface area contributed by atoms with Crippen LogP contribution in [0.15, 0.2) is 28.7 Å². The van der Waals surface area contributed by atoms with E-state index in [1.54, 1.807) is 0 Å². The third-order valence-corrected chi connectivity index (χ3v) is 5.31. The second-order valence-corrected chi connectivity index (χ2v) is 6.19. The van der Waals surface area contributed by atoms with Gasteiger partial charge in [0.25, 0.3) is 0 Å². The van der Waals surface area contributed by atoms with E-state index in [2.05, 4.69) is 61.0 Å². The van der Waals surface area contributed by atoms with Crippen LogP contribution >= 0.6 is 15.9 Å². The SMILES string of the molecule is CCC1(CC)C(O)C(C)C1c1ccc(Br)cc1. The lowest BCUT2D eigenvalue weighted by Crippen LogP contribution is -2.57. The molecule has 1 aromatic rings. The zero-order valence-electron chi connectivity index (χ0n) is 10.8. The molecule has 0 spiro atoms. The Labute approximate surface area is 112 Å². The number of rotatable bonds is 3. The van der Waals surface area contributed by atoms with Crippen molar-refractivity contribution >= 4 is 15.9 Å². The molecule has 1 N–H and O–H groups in total. The zero-order chi connectivity index (χ0) is 12.6. The molecule has 1 aliphatic carbocycles. The monoisotopic (exact) mass is 296 g/mol. The Kier molecular flexibility index (Phi) is 3.65. The van der Waals surface area contributed by atoms with Crippen molar-refractivity contribution in [3.8, 4) is 0 Å². The minimum absolute atomic E-state index is 0.0905. The summed E-state index contributed by atoms with van der Waals surface area (Å²) < 4.78 is 1.12. The molecule has 1 nitrogen and oxygen atoms in total. The Bertz CT molecular complexity index is 380. The second-order valence-electron chi connectivity index (χ2n) is 5.27. The molecule has 1 aromatic carbocycles. The van der Waals surface area contributed by atoms with Crippen molar-refractivity contribution in [2.24, 2.45) is 11.3 Å². The summed E-state index contributed by atoms with van der Waals surface area (Å²) in [6.45, 7) is 6.57. The van der Waals surface area contributed by atoms with Crippen molar-refractivity contribution < 1.29 is 5.11 Å². The first-order valence-electron chi connectivity index (χ1n) is 6.50. The lowest BCUT2D eigenvalue weighted by molar-refractivity contribution is -0.142. The van der Waals surface area contributed by atoms with Gasteiger partial charge in [0.1, 0.15) is 0 Å². The van der Waals surface area contributed by atoms with E-state index in [1.165, 1.54) is 5.56 Å². The topological polar surface area (TPSA) is 20.2 Å². The van der Waals surface area contributed by atoms with Crippen LogP contribution in [0.1, 0.15) is 45.1 Å². The highest BCUT2D eigenvalue weighted by molar-refractivity contribution is 9.10. The molecule has 3 unspecified atom stereocenters. The second kappa shape index (κ2) is 4.74. The van der Waals surface area contributed by atoms with Gasteiger partial charge >= 0.3 is 0 Å². The van der Waals surface area contributed by atoms with Gasteiger partial charge in [0.2, 0.25) is 0 Å². The molecular formula is C15H21BrO. The summed E-state index contributed by atoms with van der Waals surface area (Å²) in [7, 11) is 0. The predicted molar refractivity (Wildman–Crippen MR) is 75.1 cm³/mol. The van der Waals surface area contributed by atoms with E-state index >= 15 is 0 Å². The van der Waals surface area contributed by atoms with E-state index in [4.69, 9.17) is 0 Å². The highest BCUT2D eigenvalue weighted by Gasteiger charge is 2.57. The van der Waals surface area contributed by atoms with Crippen LogP contribution < -0.4 is 0 Å². The van der Waals surface area contributed by atoms with Gasteiger partial charge in [0, 0.05) is 9.89 Å². The zero-order valence-corrected chi connectivity index (χ0v) is 12.4. The molecule has 0 aromatic heterocycles. The smallest absolute Gasteiger partial charge is 0.0633 e. The molecule has 1 saturated carbocycles. The normalized spacial score (nSPS) is 31.0. The van der Waals surface area contributed by atoms with Crippen LogP contribution in [-0.4, -0.2) is 11.2 Å². The van der Waals surface area contributed by atoms with E-state index < -0.39 is 0 Å². The highest BCUT2D eigenvalue weighted by atomic mass is 79.9. The maximum absolute atomic E-state index is 10.3. The third kappa shape index (κ3) is 1.86. The van der Waals surface area contributed by atoms with Gasteiger partial charge in [-0.25, -0.2) is 0 Å². The van der Waals surface area contributed by atoms with Crippen LogP contribution in [0.4, 0.5) is 0 Å². The van der Waals surface area contributed by atoms with Crippen LogP contribution in [0.3, 0.4) is 0 Å². The van der Waals surface area contributed by atoms with E-state index in [9.17, 15) is 5.11 Å². The Morgan fingerprint density at radius 3 is 2.18 bits per heavy atom. The molecule has 2 rings (SSSR count). The summed E-state index contributed by atoms with van der Waals surface area (Å²) in [5, 5.41) is 10.3. The molecule has 2 heteroatoms. The Morgan fingerprint density at radius 2 is 1.71 bits per heavy atom. The number of hydrogen-bond acceptors (Lipinski definition) is 1. The van der Waals surface area contributed by atoms with Crippen LogP contribution in [0, 0.1) is 11.3 Å². The Balaban J connectivity index is 2.34. The van der Waals surface area contributed by atoms with Crippen molar-refractivity contribution in [1.29, 1.82) is 0 Å². The van der Waals surface area contributed by atoms with Crippen molar-refractivity contribution in [2.75, 3.05) is 0 Å². The first-order chi connectivity index (χ1) is 8.06. The maximum Gasteiger partial charge on any atom is 0.0633 e. The standard InChI is InChI=1S/C15H21BrO/c1-4-15(5-2)13(10(3)14(15)17)11-6-8-12(16)9-7-11/h6-10,13-14,17H,4-5H2,1-3H3. The van der Waals surface area contributed by atoms with Gasteiger partial charge in [-0.3, -0.25) is 0 Å². The van der Waals surface area contributed by atoms with Crippen LogP contribution in [-0.2, 0) is 0 Å². The van der Waals surface area contributed by atoms with Crippen molar-refractivity contribution in [2.45, 2.75) is 45.6 Å². The first kappa shape index (κ1) is 13.1. The Morgan fingerprint density at radius 1 is 1.18 bits per heavy atom. The molecule has 1 aliphatic rings. The minimum atomic E-state index is -0.147. The largest absolute Gasteiger partial charge is 0.392 e. The molecule has 0 aliphatic heterocycles. The van der Waals surface area contributed by atoms with Crippen LogP contribution in [0.5, 0.6) is 0 Å². The maximum atomic E-state index is 10.3. The highest BCUT2D eigenvalue weighted by Crippen LogP contribution is 2.60. The lowest BCUT2D eigenvalue weighted by Gasteiger charge is -2.58. The molecule has 94 valence electrons. The quantitative estimate of drug-likeness (QED) is 0.879. The molecule has 0 bridgehead atoms. The van der Waals surface area contributed by atoms with Crippen molar-refractivity contribution in [3.63, 3.8) is 0 Å². The molecule has 0 saturated heterocycles. The number of halogens is 1. The average Bonchev–Trinajstić information content (AvgIpc) is 2.36. The molecule has 17 heavy (non-hydrogen) atoms. The van der Waals surface area contributed by atoms with Crippen LogP contribution in [0.2, 0.25) is 0 Å². The average molecular weight is 297 g/mol. The van der Waals surface area contributed by atoms with E-state index in [0.29, 0.717) is 11.8 Å². The summed E-state index contributed by atoms with van der Waals surface area (Å²) in [5.74, 6) is 0.872. The summed E-state index contributed by atoms with van der Waals surface area (Å²) in [6, 6.07) is 8.58. The Hall–Kier alpha value is -0.340. The van der Waals surface area contributed by atoms with Gasteiger partial charge in [-0.1, -0.05) is 48.8 Å². The molecular weight excluding hydrogens is 276 g/mol. The third-order valence-electron chi connectivity index (χ3n) is 4.78. The summed E-state index contributed by atoms with van der Waals surface area (Å²) >= 11 is 3.47. The van der Waals surface area contributed by atoms with Crippen molar-refractivity contribution in [3.05, 3.63) is 34.3 Å². The molecule has 0 amide bonds. The van der Waals surface area contributed by atoms with Gasteiger partial charge in [-0.15, -0.1) is 0 Å². The first-order valence-corrected chi connectivity index (χ1v) is 7.29. The van der Waals surface area contributed by atoms with Gasteiger partial charge in [-0.2, -0.15) is 0 Å². The van der Waals surface area contributed by atoms with Crippen molar-refractivity contribution in [1.82, 2.24) is 0 Å². The minimum Gasteiger partial charge on any atom is -0.392 e. The van der Waals surface area contributed by atoms with Gasteiger partial charge in [0.15, 0.2) is 0 Å². The van der Waals surface area contributed by atoms with E-state index in [1.807, 2.05) is 0 Å². The van der Waals surface area contributed by atoms with Gasteiger partial charge < -0.3 is 5.11 Å². The molecule has 3 atom stereocenters. The lowest BCUT2D eigenvalue weighted by atomic mass is 9.48. The fourth-order valence-electron chi connectivity index (χ4n) is 3.71. The predicted octanol–water partition coefficient (Wildman–Crippen LogP) is 4.35. The number of hydrogen-bond donors (Lipinski definition) is 1. The fraction of sp³-hybridized carbons (Fsp3) is 0.600. The number of aliphatic hydroxyl groups is 1. The fourth-order valence-corrected chi connectivity index (χ4v) is 3.97. The van der Waals surface area contributed by atoms with E-state index in [-0.39, 0.29) is 11.5 Å². The number of benzene rings is 1. The summed E-state index contributed by atoms with van der Waals surface area (Å²) in [6.07, 6.45) is 1.96. The summed E-state index contributed by atoms with van der Waals surface area (Å²) in [4.78, 5) is 0. The molecule has 0 heterocycles. The van der Waals surface area contributed by atoms with Gasteiger partial charge in [0.05, 0.1) is 6.10 Å². The molecule has 1 fully saturated rings. The number of aliphatic hydroxyl groups excluding tert-OH is 1. The van der Waals surface area contributed by atoms with Crippen LogP contribution in [0.25, 0.3) is 0 Å².